The van der Waals surface area contributed by atoms with Crippen LogP contribution in [-0.4, -0.2) is 27.9 Å². The maximum Gasteiger partial charge on any atom is 0.316 e. The highest BCUT2D eigenvalue weighted by Gasteiger charge is 2.14. The summed E-state index contributed by atoms with van der Waals surface area (Å²) in [6, 6.07) is 8.88. The normalized spacial score (nSPS) is 12.1. The molecule has 1 N–H and O–H groups in total. The molecular formula is C11H12O3S. The second-order valence-electron chi connectivity index (χ2n) is 3.08. The van der Waals surface area contributed by atoms with Crippen LogP contribution in [0.15, 0.2) is 30.3 Å². The first-order chi connectivity index (χ1) is 7.11. The van der Waals surface area contributed by atoms with Crippen LogP contribution in [0.1, 0.15) is 17.3 Å². The van der Waals surface area contributed by atoms with Gasteiger partial charge in [0.05, 0.1) is 11.0 Å². The number of benzene rings is 1. The van der Waals surface area contributed by atoms with Crippen LogP contribution in [0.5, 0.6) is 0 Å². The molecule has 1 atom stereocenters. The summed E-state index contributed by atoms with van der Waals surface area (Å²) in [5.41, 5.74) is 0.627. The van der Waals surface area contributed by atoms with Gasteiger partial charge in [-0.25, -0.2) is 0 Å². The fourth-order valence-corrected chi connectivity index (χ4v) is 1.69. The van der Waals surface area contributed by atoms with Gasteiger partial charge in [-0.1, -0.05) is 30.3 Å². The molecular weight excluding hydrogens is 212 g/mol. The number of carboxylic acid groups (broad SMARTS) is 1. The molecule has 1 aromatic carbocycles. The number of thioether (sulfide) groups is 1. The van der Waals surface area contributed by atoms with Crippen molar-refractivity contribution in [1.29, 1.82) is 0 Å². The Labute approximate surface area is 92.5 Å². The van der Waals surface area contributed by atoms with E-state index in [4.69, 9.17) is 5.11 Å². The third-order valence-electron chi connectivity index (χ3n) is 1.91. The molecule has 0 aliphatic heterocycles. The smallest absolute Gasteiger partial charge is 0.316 e. The average molecular weight is 224 g/mol. The van der Waals surface area contributed by atoms with E-state index in [-0.39, 0.29) is 11.5 Å². The summed E-state index contributed by atoms with van der Waals surface area (Å²) >= 11 is 1.14. The molecule has 0 spiro atoms. The highest BCUT2D eigenvalue weighted by molar-refractivity contribution is 8.01. The zero-order valence-corrected chi connectivity index (χ0v) is 9.16. The number of Topliss-reactive ketones (excluding diaryl/α,β-unsaturated/α-hetero) is 1. The SMILES string of the molecule is C[C@H](SCC(=O)c1ccccc1)C(=O)O. The Bertz CT molecular complexity index is 348. The van der Waals surface area contributed by atoms with E-state index in [0.29, 0.717) is 5.56 Å². The monoisotopic (exact) mass is 224 g/mol. The van der Waals surface area contributed by atoms with Gasteiger partial charge < -0.3 is 5.11 Å². The van der Waals surface area contributed by atoms with Crippen LogP contribution in [0, 0.1) is 0 Å². The molecule has 1 aromatic rings. The first kappa shape index (κ1) is 11.8. The van der Waals surface area contributed by atoms with Crippen LogP contribution in [0.3, 0.4) is 0 Å². The van der Waals surface area contributed by atoms with Crippen LogP contribution in [0.2, 0.25) is 0 Å². The zero-order chi connectivity index (χ0) is 11.3. The molecule has 15 heavy (non-hydrogen) atoms. The predicted octanol–water partition coefficient (Wildman–Crippen LogP) is 2.08. The van der Waals surface area contributed by atoms with Crippen LogP contribution in [0.4, 0.5) is 0 Å². The molecule has 0 saturated carbocycles. The standard InChI is InChI=1S/C11H12O3S/c1-8(11(13)14)15-7-10(12)9-5-3-2-4-6-9/h2-6,8H,7H2,1H3,(H,13,14)/t8-/m0/s1. The van der Waals surface area contributed by atoms with E-state index in [0.717, 1.165) is 11.8 Å². The van der Waals surface area contributed by atoms with Crippen molar-refractivity contribution in [2.75, 3.05) is 5.75 Å². The topological polar surface area (TPSA) is 54.4 Å². The fraction of sp³-hybridized carbons (Fsp3) is 0.273. The minimum Gasteiger partial charge on any atom is -0.480 e. The lowest BCUT2D eigenvalue weighted by molar-refractivity contribution is -0.136. The molecule has 0 unspecified atom stereocenters. The molecule has 4 heteroatoms. The summed E-state index contributed by atoms with van der Waals surface area (Å²) in [6.07, 6.45) is 0. The van der Waals surface area contributed by atoms with Crippen LogP contribution in [0.25, 0.3) is 0 Å². The second-order valence-corrected chi connectivity index (χ2v) is 4.41. The third kappa shape index (κ3) is 3.75. The summed E-state index contributed by atoms with van der Waals surface area (Å²) in [5, 5.41) is 8.09. The lowest BCUT2D eigenvalue weighted by atomic mass is 10.2. The molecule has 1 rings (SSSR count). The van der Waals surface area contributed by atoms with Crippen molar-refractivity contribution in [3.63, 3.8) is 0 Å². The molecule has 0 aliphatic rings. The number of carbonyl (C=O) groups excluding carboxylic acids is 1. The van der Waals surface area contributed by atoms with Crippen molar-refractivity contribution in [3.05, 3.63) is 35.9 Å². The molecule has 3 nitrogen and oxygen atoms in total. The van der Waals surface area contributed by atoms with Crippen LogP contribution < -0.4 is 0 Å². The number of carboxylic acids is 1. The van der Waals surface area contributed by atoms with Gasteiger partial charge in [-0.05, 0) is 6.92 Å². The van der Waals surface area contributed by atoms with E-state index >= 15 is 0 Å². The number of ketones is 1. The minimum atomic E-state index is -0.888. The molecule has 0 saturated heterocycles. The van der Waals surface area contributed by atoms with Gasteiger partial charge in [0.2, 0.25) is 0 Å². The lowest BCUT2D eigenvalue weighted by Gasteiger charge is -2.04. The summed E-state index contributed by atoms with van der Waals surface area (Å²) in [6.45, 7) is 1.57. The third-order valence-corrected chi connectivity index (χ3v) is 3.04. The Morgan fingerprint density at radius 1 is 1.33 bits per heavy atom. The van der Waals surface area contributed by atoms with Gasteiger partial charge in [0.1, 0.15) is 0 Å². The van der Waals surface area contributed by atoms with Crippen LogP contribution in [-0.2, 0) is 4.79 Å². The van der Waals surface area contributed by atoms with Gasteiger partial charge in [-0.2, -0.15) is 0 Å². The van der Waals surface area contributed by atoms with Gasteiger partial charge >= 0.3 is 5.97 Å². The quantitative estimate of drug-likeness (QED) is 0.778. The highest BCUT2D eigenvalue weighted by atomic mass is 32.2. The maximum atomic E-state index is 11.6. The van der Waals surface area contributed by atoms with Crippen molar-refractivity contribution in [2.24, 2.45) is 0 Å². The Kier molecular flexibility index (Phi) is 4.37. The summed E-state index contributed by atoms with van der Waals surface area (Å²) in [4.78, 5) is 22.1. The predicted molar refractivity (Wildman–Crippen MR) is 60.3 cm³/mol. The Balaban J connectivity index is 2.47. The number of aliphatic carboxylic acids is 1. The molecule has 0 bridgehead atoms. The molecule has 0 heterocycles. The Morgan fingerprint density at radius 2 is 1.93 bits per heavy atom. The highest BCUT2D eigenvalue weighted by Crippen LogP contribution is 2.13. The van der Waals surface area contributed by atoms with Crippen molar-refractivity contribution < 1.29 is 14.7 Å². The number of carbonyl (C=O) groups is 2. The molecule has 0 radical (unpaired) electrons. The number of hydrogen-bond donors (Lipinski definition) is 1. The second kappa shape index (κ2) is 5.56. The van der Waals surface area contributed by atoms with Gasteiger partial charge in [-0.15, -0.1) is 11.8 Å². The van der Waals surface area contributed by atoms with E-state index < -0.39 is 11.2 Å². The average Bonchev–Trinajstić information content (AvgIpc) is 2.26. The first-order valence-corrected chi connectivity index (χ1v) is 5.59. The van der Waals surface area contributed by atoms with Crippen LogP contribution >= 0.6 is 11.8 Å². The minimum absolute atomic E-state index is 0.0336. The van der Waals surface area contributed by atoms with Gasteiger partial charge in [-0.3, -0.25) is 9.59 Å². The van der Waals surface area contributed by atoms with Crippen molar-refractivity contribution >= 4 is 23.5 Å². The van der Waals surface area contributed by atoms with E-state index in [2.05, 4.69) is 0 Å². The number of hydrogen-bond acceptors (Lipinski definition) is 3. The van der Waals surface area contributed by atoms with Crippen molar-refractivity contribution in [3.8, 4) is 0 Å². The molecule has 80 valence electrons. The summed E-state index contributed by atoms with van der Waals surface area (Å²) in [5.74, 6) is -0.716. The van der Waals surface area contributed by atoms with E-state index in [1.165, 1.54) is 0 Å². The lowest BCUT2D eigenvalue weighted by Crippen LogP contribution is -2.14. The van der Waals surface area contributed by atoms with E-state index in [1.807, 2.05) is 6.07 Å². The summed E-state index contributed by atoms with van der Waals surface area (Å²) < 4.78 is 0. The zero-order valence-electron chi connectivity index (χ0n) is 8.34. The maximum absolute atomic E-state index is 11.6. The van der Waals surface area contributed by atoms with Gasteiger partial charge in [0.15, 0.2) is 5.78 Å². The Hall–Kier alpha value is -1.29. The molecule has 0 aromatic heterocycles. The van der Waals surface area contributed by atoms with Gasteiger partial charge in [0, 0.05) is 5.56 Å². The Morgan fingerprint density at radius 3 is 2.47 bits per heavy atom. The molecule has 0 amide bonds. The molecule has 0 aliphatic carbocycles. The summed E-state index contributed by atoms with van der Waals surface area (Å²) in [7, 11) is 0. The van der Waals surface area contributed by atoms with E-state index in [1.54, 1.807) is 31.2 Å². The fourth-order valence-electron chi connectivity index (χ4n) is 0.979. The van der Waals surface area contributed by atoms with Crippen molar-refractivity contribution in [1.82, 2.24) is 0 Å². The largest absolute Gasteiger partial charge is 0.480 e. The van der Waals surface area contributed by atoms with Crippen molar-refractivity contribution in [2.45, 2.75) is 12.2 Å². The first-order valence-electron chi connectivity index (χ1n) is 4.54. The molecule has 0 fully saturated rings. The van der Waals surface area contributed by atoms with Gasteiger partial charge in [0.25, 0.3) is 0 Å². The number of rotatable bonds is 5. The van der Waals surface area contributed by atoms with E-state index in [9.17, 15) is 9.59 Å².